The van der Waals surface area contributed by atoms with Crippen LogP contribution < -0.4 is 4.74 Å². The summed E-state index contributed by atoms with van der Waals surface area (Å²) in [4.78, 5) is 15.4. The molecule has 0 radical (unpaired) electrons. The van der Waals surface area contributed by atoms with Gasteiger partial charge in [-0.3, -0.25) is 5.10 Å². The summed E-state index contributed by atoms with van der Waals surface area (Å²) in [7, 11) is 1.59. The predicted molar refractivity (Wildman–Crippen MR) is 132 cm³/mol. The van der Waals surface area contributed by atoms with Crippen molar-refractivity contribution >= 4 is 34.1 Å². The smallest absolute Gasteiger partial charge is 0.328 e. The van der Waals surface area contributed by atoms with Gasteiger partial charge < -0.3 is 9.84 Å². The molecule has 6 nitrogen and oxygen atoms in total. The summed E-state index contributed by atoms with van der Waals surface area (Å²) in [5.74, 6) is -0.640. The number of aromatic amines is 1. The van der Waals surface area contributed by atoms with E-state index in [1.54, 1.807) is 19.3 Å². The third kappa shape index (κ3) is 4.55. The molecule has 0 saturated heterocycles. The van der Waals surface area contributed by atoms with Gasteiger partial charge in [-0.15, -0.1) is 23.8 Å². The molecule has 0 bridgehead atoms. The number of aryl methyl sites for hydroxylation is 1. The first-order valence-corrected chi connectivity index (χ1v) is 11.3. The van der Waals surface area contributed by atoms with Gasteiger partial charge in [-0.25, -0.2) is 19.3 Å². The molecule has 1 aliphatic rings. The average molecular weight is 716 g/mol. The number of carbonyl (C=O) groups is 1. The Kier molecular flexibility index (Phi) is 6.33. The zero-order valence-corrected chi connectivity index (χ0v) is 22.6. The maximum atomic E-state index is 14.4. The molecule has 0 unspecified atom stereocenters. The molecule has 1 aliphatic carbocycles. The molecular weight excluding hydrogens is 692 g/mol. The minimum absolute atomic E-state index is 0. The van der Waals surface area contributed by atoms with Crippen LogP contribution in [-0.2, 0) is 4.79 Å². The van der Waals surface area contributed by atoms with Gasteiger partial charge >= 0.3 is 5.97 Å². The van der Waals surface area contributed by atoms with Crippen LogP contribution in [-0.4, -0.2) is 33.4 Å². The number of aromatic nitrogens is 3. The van der Waals surface area contributed by atoms with Crippen molar-refractivity contribution < 1.29 is 19.0 Å². The quantitative estimate of drug-likeness (QED) is 0.190. The first-order valence-electron chi connectivity index (χ1n) is 11.3. The normalized spacial score (nSPS) is 14.0. The first kappa shape index (κ1) is 23.9. The Morgan fingerprint density at radius 3 is 2.61 bits per heavy atom. The number of H-pyrrole nitrogens is 1. The fourth-order valence-corrected chi connectivity index (χ4v) is 4.30. The van der Waals surface area contributed by atoms with Crippen LogP contribution in [0.15, 0.2) is 54.7 Å². The van der Waals surface area contributed by atoms with E-state index in [4.69, 9.17) is 9.84 Å². The molecule has 2 heterocycles. The van der Waals surface area contributed by atoms with E-state index in [2.05, 4.69) is 21.2 Å². The number of carboxylic acid groups (broad SMARTS) is 1. The minimum atomic E-state index is -1.00. The van der Waals surface area contributed by atoms with Gasteiger partial charge in [0.15, 0.2) is 0 Å². The fourth-order valence-electron chi connectivity index (χ4n) is 4.30. The number of pyridine rings is 1. The maximum absolute atomic E-state index is 14.4. The Morgan fingerprint density at radius 1 is 1.22 bits per heavy atom. The molecule has 0 aliphatic heterocycles. The van der Waals surface area contributed by atoms with Crippen LogP contribution in [0.2, 0.25) is 0 Å². The molecule has 36 heavy (non-hydrogen) atoms. The number of aliphatic carboxylic acids is 1. The number of methoxy groups -OCH3 is 1. The number of hydrogen-bond acceptors (Lipinski definition) is 4. The second-order valence-corrected chi connectivity index (χ2v) is 8.57. The van der Waals surface area contributed by atoms with Gasteiger partial charge in [-0.2, -0.15) is 0 Å². The van der Waals surface area contributed by atoms with Gasteiger partial charge in [-0.05, 0) is 53.8 Å². The molecule has 1 saturated carbocycles. The summed E-state index contributed by atoms with van der Waals surface area (Å²) in [5, 5.41) is 15.6. The second kappa shape index (κ2) is 9.54. The first-order chi connectivity index (χ1) is 16.9. The monoisotopic (exact) mass is 711 g/mol. The second-order valence-electron chi connectivity index (χ2n) is 8.57. The molecule has 2 aromatic carbocycles. The van der Waals surface area contributed by atoms with Crippen molar-refractivity contribution in [3.63, 3.8) is 0 Å². The van der Waals surface area contributed by atoms with E-state index in [0.29, 0.717) is 22.7 Å². The molecule has 5 rings (SSSR count). The van der Waals surface area contributed by atoms with E-state index in [-0.39, 0.29) is 0 Å². The number of benzene rings is 2. The average Bonchev–Trinajstić information content (AvgIpc) is 3.64. The van der Waals surface area contributed by atoms with Gasteiger partial charge in [0.25, 0.3) is 0 Å². The Labute approximate surface area is 201 Å². The van der Waals surface area contributed by atoms with Crippen LogP contribution in [0.4, 0.5) is 4.39 Å². The molecule has 184 valence electrons. The SMILES string of the molecule is COc1cc(C)c(/C(=C(/c2[c-]c3c(F)[nH]nc3cc2)c2ccc(/C=C/C(=O)O)cc2)C2CC2)cn1.[Cm]. The van der Waals surface area contributed by atoms with Crippen molar-refractivity contribution in [3.8, 4) is 5.88 Å². The Morgan fingerprint density at radius 2 is 1.97 bits per heavy atom. The summed E-state index contributed by atoms with van der Waals surface area (Å²) in [6.45, 7) is 2.03. The van der Waals surface area contributed by atoms with Crippen LogP contribution >= 0.6 is 0 Å². The number of hydrogen-bond donors (Lipinski definition) is 2. The predicted octanol–water partition coefficient (Wildman–Crippen LogP) is 5.68. The number of fused-ring (bicyclic) bond motifs is 1. The van der Waals surface area contributed by atoms with Crippen molar-refractivity contribution in [2.24, 2.45) is 5.92 Å². The summed E-state index contributed by atoms with van der Waals surface area (Å²) < 4.78 is 19.7. The Bertz CT molecular complexity index is 1490. The van der Waals surface area contributed by atoms with Crippen molar-refractivity contribution in [1.29, 1.82) is 0 Å². The standard InChI is InChI=1S/C28H23FN3O3.Cm/c1-16-13-24(35-2)30-15-22(16)27(19-8-9-19)26(18-6-3-17(4-7-18)5-12-25(33)34)20-10-11-23-21(14-20)28(29)32-31-23;/h3-7,10-13,15,19H,8-9H2,1-2H3,(H,31,32)(H,33,34);/q-1;/b12-5+,27-26+;. The number of halogens is 1. The van der Waals surface area contributed by atoms with Gasteiger partial charge in [-0.1, -0.05) is 41.0 Å². The molecular formula is C28H23CmFN3O3-. The van der Waals surface area contributed by atoms with Gasteiger partial charge in [0.05, 0.1) is 7.11 Å². The largest absolute Gasteiger partial charge is 0.481 e. The van der Waals surface area contributed by atoms with Gasteiger partial charge in [0, 0.05) is 23.9 Å². The molecule has 0 amide bonds. The molecule has 0 atom stereocenters. The van der Waals surface area contributed by atoms with E-state index in [1.165, 1.54) is 0 Å². The van der Waals surface area contributed by atoms with Crippen LogP contribution in [0.5, 0.6) is 5.88 Å². The van der Waals surface area contributed by atoms with E-state index in [9.17, 15) is 9.18 Å². The van der Waals surface area contributed by atoms with E-state index in [1.807, 2.05) is 49.5 Å². The van der Waals surface area contributed by atoms with E-state index in [0.717, 1.165) is 57.9 Å². The molecule has 2 N–H and O–H groups in total. The minimum Gasteiger partial charge on any atom is -0.481 e. The summed E-state index contributed by atoms with van der Waals surface area (Å²) in [6, 6.07) is 16.5. The van der Waals surface area contributed by atoms with E-state index >= 15 is 0 Å². The number of ether oxygens (including phenoxy) is 1. The zero-order valence-electron chi connectivity index (χ0n) is 19.7. The third-order valence-corrected chi connectivity index (χ3v) is 6.14. The summed E-state index contributed by atoms with van der Waals surface area (Å²) in [5.41, 5.74) is 7.08. The zero-order chi connectivity index (χ0) is 24.5. The van der Waals surface area contributed by atoms with E-state index < -0.39 is 11.9 Å². The number of carboxylic acids is 1. The Hall–Kier alpha value is -5.26. The number of nitrogens with zero attached hydrogens (tertiary/aromatic N) is 2. The number of allylic oxidation sites excluding steroid dienone is 1. The maximum Gasteiger partial charge on any atom is 0.328 e. The van der Waals surface area contributed by atoms with Gasteiger partial charge in [0.2, 0.25) is 5.88 Å². The molecule has 4 aromatic rings. The van der Waals surface area contributed by atoms with Crippen LogP contribution in [0.3, 0.4) is 0 Å². The molecule has 0 spiro atoms. The number of rotatable bonds is 7. The van der Waals surface area contributed by atoms with Crippen molar-refractivity contribution in [1.82, 2.24) is 15.2 Å². The Balaban J connectivity index is 0.00000304. The van der Waals surface area contributed by atoms with Crippen molar-refractivity contribution in [3.05, 3.63) is 94.6 Å². The van der Waals surface area contributed by atoms with Crippen LogP contribution in [0.1, 0.15) is 40.7 Å². The van der Waals surface area contributed by atoms with Gasteiger partial charge in [0.1, 0.15) is 5.95 Å². The van der Waals surface area contributed by atoms with Crippen LogP contribution in [0, 0.1) is 24.9 Å². The topological polar surface area (TPSA) is 88.1 Å². The summed E-state index contributed by atoms with van der Waals surface area (Å²) >= 11 is 0. The van der Waals surface area contributed by atoms with Crippen molar-refractivity contribution in [2.45, 2.75) is 19.8 Å². The van der Waals surface area contributed by atoms with Crippen molar-refractivity contribution in [2.75, 3.05) is 7.11 Å². The third-order valence-electron chi connectivity index (χ3n) is 6.14. The van der Waals surface area contributed by atoms with Crippen LogP contribution in [0.25, 0.3) is 28.1 Å². The fraction of sp³-hybridized carbons (Fsp3) is 0.179. The molecule has 1 fully saturated rings. The molecule has 8 heteroatoms. The summed E-state index contributed by atoms with van der Waals surface area (Å²) in [6.07, 6.45) is 6.59. The molecule has 2 aromatic heterocycles. The number of nitrogens with one attached hydrogen (secondary N) is 1.